The molecule has 25 heavy (non-hydrogen) atoms. The van der Waals surface area contributed by atoms with Crippen LogP contribution in [0.5, 0.6) is 5.75 Å². The Labute approximate surface area is 156 Å². The van der Waals surface area contributed by atoms with Crippen LogP contribution in [0.4, 0.5) is 0 Å². The van der Waals surface area contributed by atoms with Gasteiger partial charge in [0.1, 0.15) is 5.75 Å². The lowest BCUT2D eigenvalue weighted by molar-refractivity contribution is 0.305. The first kappa shape index (κ1) is 18.3. The molecule has 0 saturated carbocycles. The Morgan fingerprint density at radius 1 is 0.800 bits per heavy atom. The van der Waals surface area contributed by atoms with Gasteiger partial charge in [-0.05, 0) is 56.4 Å². The van der Waals surface area contributed by atoms with Crippen LogP contribution in [0.3, 0.4) is 0 Å². The molecule has 0 aliphatic rings. The molecule has 0 saturated heterocycles. The van der Waals surface area contributed by atoms with Gasteiger partial charge >= 0.3 is 0 Å². The lowest BCUT2D eigenvalue weighted by Crippen LogP contribution is -1.98. The van der Waals surface area contributed by atoms with Crippen LogP contribution in [-0.4, -0.2) is 6.61 Å². The van der Waals surface area contributed by atoms with E-state index in [0.29, 0.717) is 0 Å². The number of aryl methyl sites for hydroxylation is 3. The van der Waals surface area contributed by atoms with Crippen molar-refractivity contribution in [2.45, 2.75) is 66.2 Å². The summed E-state index contributed by atoms with van der Waals surface area (Å²) in [5, 5.41) is 2.78. The molecule has 0 unspecified atom stereocenters. The van der Waals surface area contributed by atoms with E-state index in [9.17, 15) is 0 Å². The lowest BCUT2D eigenvalue weighted by Gasteiger charge is -2.09. The number of fused-ring (bicyclic) bond motifs is 3. The van der Waals surface area contributed by atoms with Crippen molar-refractivity contribution in [1.29, 1.82) is 0 Å². The van der Waals surface area contributed by atoms with E-state index in [-0.39, 0.29) is 0 Å². The van der Waals surface area contributed by atoms with E-state index in [1.807, 2.05) is 11.3 Å². The Morgan fingerprint density at radius 2 is 1.48 bits per heavy atom. The Morgan fingerprint density at radius 3 is 2.20 bits per heavy atom. The molecule has 1 heterocycles. The summed E-state index contributed by atoms with van der Waals surface area (Å²) in [4.78, 5) is 0. The van der Waals surface area contributed by atoms with E-state index in [4.69, 9.17) is 4.74 Å². The van der Waals surface area contributed by atoms with Crippen molar-refractivity contribution in [3.8, 4) is 5.75 Å². The molecule has 134 valence electrons. The van der Waals surface area contributed by atoms with Crippen LogP contribution in [-0.2, 0) is 6.42 Å². The molecule has 0 aliphatic carbocycles. The number of unbranched alkanes of at least 4 members (excludes halogenated alkanes) is 3. The minimum atomic E-state index is 0.825. The third-order valence-corrected chi connectivity index (χ3v) is 6.63. The van der Waals surface area contributed by atoms with Crippen molar-refractivity contribution in [3.63, 3.8) is 0 Å². The Bertz CT molecular complexity index is 860. The van der Waals surface area contributed by atoms with E-state index in [1.165, 1.54) is 69.0 Å². The SMILES string of the molecule is CCCCCOc1ccc2c(sc3c(C)c(CCCC)ccc32)c1C. The maximum atomic E-state index is 6.06. The molecule has 0 N–H and O–H groups in total. The summed E-state index contributed by atoms with van der Waals surface area (Å²) in [5.41, 5.74) is 4.27. The summed E-state index contributed by atoms with van der Waals surface area (Å²) in [5.74, 6) is 1.05. The maximum Gasteiger partial charge on any atom is 0.123 e. The molecule has 2 aromatic carbocycles. The van der Waals surface area contributed by atoms with Gasteiger partial charge in [-0.1, -0.05) is 45.2 Å². The fraction of sp³-hybridized carbons (Fsp3) is 0.478. The molecular formula is C23H30OS. The number of ether oxygens (including phenoxy) is 1. The minimum absolute atomic E-state index is 0.825. The first-order chi connectivity index (χ1) is 12.2. The molecule has 0 spiro atoms. The first-order valence-corrected chi connectivity index (χ1v) is 10.6. The Hall–Kier alpha value is -1.54. The van der Waals surface area contributed by atoms with Gasteiger partial charge in [0.25, 0.3) is 0 Å². The molecule has 3 aromatic rings. The highest BCUT2D eigenvalue weighted by Gasteiger charge is 2.13. The zero-order chi connectivity index (χ0) is 17.8. The number of thiophene rings is 1. The highest BCUT2D eigenvalue weighted by atomic mass is 32.1. The summed E-state index contributed by atoms with van der Waals surface area (Å²) in [6.07, 6.45) is 7.33. The number of benzene rings is 2. The third-order valence-electron chi connectivity index (χ3n) is 5.17. The van der Waals surface area contributed by atoms with Crippen LogP contribution in [0, 0.1) is 13.8 Å². The first-order valence-electron chi connectivity index (χ1n) is 9.74. The lowest BCUT2D eigenvalue weighted by atomic mass is 10.00. The van der Waals surface area contributed by atoms with Gasteiger partial charge in [0.05, 0.1) is 6.61 Å². The predicted octanol–water partition coefficient (Wildman–Crippen LogP) is 7.58. The average molecular weight is 355 g/mol. The molecule has 1 nitrogen and oxygen atoms in total. The quantitative estimate of drug-likeness (QED) is 0.379. The van der Waals surface area contributed by atoms with Gasteiger partial charge in [-0.3, -0.25) is 0 Å². The van der Waals surface area contributed by atoms with Gasteiger partial charge in [-0.2, -0.15) is 0 Å². The molecule has 0 bridgehead atoms. The smallest absolute Gasteiger partial charge is 0.123 e. The van der Waals surface area contributed by atoms with Crippen molar-refractivity contribution in [2.75, 3.05) is 6.61 Å². The second-order valence-corrected chi connectivity index (χ2v) is 8.07. The van der Waals surface area contributed by atoms with Gasteiger partial charge in [0.2, 0.25) is 0 Å². The molecule has 1 aromatic heterocycles. The summed E-state index contributed by atoms with van der Waals surface area (Å²) in [6.45, 7) is 9.82. The van der Waals surface area contributed by atoms with E-state index in [1.54, 1.807) is 0 Å². The van der Waals surface area contributed by atoms with Gasteiger partial charge in [0, 0.05) is 25.7 Å². The minimum Gasteiger partial charge on any atom is -0.493 e. The van der Waals surface area contributed by atoms with Crippen molar-refractivity contribution in [2.24, 2.45) is 0 Å². The molecule has 0 radical (unpaired) electrons. The zero-order valence-corrected chi connectivity index (χ0v) is 16.9. The van der Waals surface area contributed by atoms with Crippen LogP contribution in [0.15, 0.2) is 24.3 Å². The summed E-state index contributed by atoms with van der Waals surface area (Å²) < 4.78 is 8.90. The van der Waals surface area contributed by atoms with Crippen molar-refractivity contribution in [3.05, 3.63) is 41.0 Å². The molecule has 0 fully saturated rings. The van der Waals surface area contributed by atoms with Crippen molar-refractivity contribution >= 4 is 31.5 Å². The van der Waals surface area contributed by atoms with E-state index in [2.05, 4.69) is 52.0 Å². The summed E-state index contributed by atoms with van der Waals surface area (Å²) in [6, 6.07) is 9.08. The largest absolute Gasteiger partial charge is 0.493 e. The maximum absolute atomic E-state index is 6.06. The zero-order valence-electron chi connectivity index (χ0n) is 16.1. The molecule has 3 rings (SSSR count). The van der Waals surface area contributed by atoms with Crippen LogP contribution in [0.25, 0.3) is 20.2 Å². The third kappa shape index (κ3) is 3.69. The monoisotopic (exact) mass is 354 g/mol. The molecule has 0 atom stereocenters. The second-order valence-electron chi connectivity index (χ2n) is 7.05. The van der Waals surface area contributed by atoms with Gasteiger partial charge < -0.3 is 4.74 Å². The molecule has 2 heteroatoms. The fourth-order valence-corrected chi connectivity index (χ4v) is 4.84. The van der Waals surface area contributed by atoms with E-state index >= 15 is 0 Å². The topological polar surface area (TPSA) is 9.23 Å². The van der Waals surface area contributed by atoms with E-state index < -0.39 is 0 Å². The average Bonchev–Trinajstić information content (AvgIpc) is 3.00. The predicted molar refractivity (Wildman–Crippen MR) is 112 cm³/mol. The van der Waals surface area contributed by atoms with Crippen LogP contribution in [0.2, 0.25) is 0 Å². The molecule has 0 aliphatic heterocycles. The van der Waals surface area contributed by atoms with Crippen LogP contribution in [0.1, 0.15) is 62.6 Å². The summed E-state index contributed by atoms with van der Waals surface area (Å²) >= 11 is 1.94. The van der Waals surface area contributed by atoms with E-state index in [0.717, 1.165) is 18.8 Å². The van der Waals surface area contributed by atoms with Crippen molar-refractivity contribution < 1.29 is 4.74 Å². The standard InChI is InChI=1S/C23H30OS/c1-5-7-9-15-24-21-14-13-20-19-12-11-18(10-8-6-2)16(3)22(19)25-23(20)17(21)4/h11-14H,5-10,15H2,1-4H3. The highest BCUT2D eigenvalue weighted by molar-refractivity contribution is 7.26. The van der Waals surface area contributed by atoms with Gasteiger partial charge in [-0.25, -0.2) is 0 Å². The second kappa shape index (κ2) is 8.23. The normalized spacial score (nSPS) is 11.5. The number of hydrogen-bond acceptors (Lipinski definition) is 2. The van der Waals surface area contributed by atoms with Gasteiger partial charge in [0.15, 0.2) is 0 Å². The van der Waals surface area contributed by atoms with Gasteiger partial charge in [-0.15, -0.1) is 11.3 Å². The Kier molecular flexibility index (Phi) is 6.01. The highest BCUT2D eigenvalue weighted by Crippen LogP contribution is 2.41. The van der Waals surface area contributed by atoms with Crippen LogP contribution >= 0.6 is 11.3 Å². The number of rotatable bonds is 8. The molecule has 0 amide bonds. The Balaban J connectivity index is 1.98. The molecular weight excluding hydrogens is 324 g/mol. The number of hydrogen-bond donors (Lipinski definition) is 0. The van der Waals surface area contributed by atoms with Crippen molar-refractivity contribution in [1.82, 2.24) is 0 Å². The fourth-order valence-electron chi connectivity index (χ4n) is 3.52. The summed E-state index contributed by atoms with van der Waals surface area (Å²) in [7, 11) is 0. The van der Waals surface area contributed by atoms with Crippen LogP contribution < -0.4 is 4.74 Å².